The van der Waals surface area contributed by atoms with Gasteiger partial charge >= 0.3 is 0 Å². The molecule has 0 bridgehead atoms. The summed E-state index contributed by atoms with van der Waals surface area (Å²) in [7, 11) is 0. The summed E-state index contributed by atoms with van der Waals surface area (Å²) in [6.07, 6.45) is 0.550. The highest BCUT2D eigenvalue weighted by atomic mass is 35.5. The Kier molecular flexibility index (Phi) is 6.71. The monoisotopic (exact) mass is 322 g/mol. The molecule has 2 unspecified atom stereocenters. The zero-order valence-corrected chi connectivity index (χ0v) is 12.6. The zero-order chi connectivity index (χ0) is 13.8. The molecule has 1 aromatic carbocycles. The highest BCUT2D eigenvalue weighted by molar-refractivity contribution is 7.99. The van der Waals surface area contributed by atoms with E-state index in [0.29, 0.717) is 17.7 Å². The van der Waals surface area contributed by atoms with E-state index in [1.165, 1.54) is 12.1 Å². The van der Waals surface area contributed by atoms with Crippen LogP contribution < -0.4 is 10.6 Å². The Morgan fingerprint density at radius 3 is 2.85 bits per heavy atom. The average Bonchev–Trinajstić information content (AvgIpc) is 2.90. The van der Waals surface area contributed by atoms with Crippen LogP contribution in [0.4, 0.5) is 8.78 Å². The van der Waals surface area contributed by atoms with E-state index in [2.05, 4.69) is 10.6 Å². The summed E-state index contributed by atoms with van der Waals surface area (Å²) < 4.78 is 26.6. The standard InChI is InChI=1S/C13H16F2N2OS.ClH/c1-2-11(9-4-3-8(14)5-10(9)15)17-13(18)12-6-19-7-16-12;/h3-5,11-12,16H,2,6-7H2,1H3,(H,17,18);1H. The maximum absolute atomic E-state index is 13.7. The van der Waals surface area contributed by atoms with Crippen LogP contribution >= 0.6 is 24.2 Å². The van der Waals surface area contributed by atoms with E-state index in [-0.39, 0.29) is 24.4 Å². The van der Waals surface area contributed by atoms with E-state index in [9.17, 15) is 13.6 Å². The van der Waals surface area contributed by atoms with Crippen molar-refractivity contribution in [1.82, 2.24) is 10.6 Å². The second-order valence-corrected chi connectivity index (χ2v) is 5.44. The number of rotatable bonds is 4. The van der Waals surface area contributed by atoms with E-state index in [0.717, 1.165) is 11.9 Å². The van der Waals surface area contributed by atoms with Crippen LogP contribution in [0.15, 0.2) is 18.2 Å². The van der Waals surface area contributed by atoms with E-state index in [1.54, 1.807) is 11.8 Å². The van der Waals surface area contributed by atoms with E-state index in [1.807, 2.05) is 6.92 Å². The molecule has 112 valence electrons. The number of hydrogen-bond acceptors (Lipinski definition) is 3. The Bertz CT molecular complexity index is 470. The molecule has 0 aromatic heterocycles. The number of carbonyl (C=O) groups excluding carboxylic acids is 1. The quantitative estimate of drug-likeness (QED) is 0.895. The Balaban J connectivity index is 0.00000200. The van der Waals surface area contributed by atoms with Crippen LogP contribution in [0, 0.1) is 11.6 Å². The summed E-state index contributed by atoms with van der Waals surface area (Å²) in [5, 5.41) is 5.87. The summed E-state index contributed by atoms with van der Waals surface area (Å²) in [6, 6.07) is 2.77. The van der Waals surface area contributed by atoms with Crippen molar-refractivity contribution in [3.8, 4) is 0 Å². The van der Waals surface area contributed by atoms with Crippen LogP contribution in [0.2, 0.25) is 0 Å². The minimum absolute atomic E-state index is 0. The third-order valence-corrected chi connectivity index (χ3v) is 4.04. The molecule has 1 amide bonds. The number of amides is 1. The second kappa shape index (κ2) is 7.81. The molecule has 2 N–H and O–H groups in total. The van der Waals surface area contributed by atoms with Crippen LogP contribution in [-0.2, 0) is 4.79 Å². The molecule has 0 spiro atoms. The Labute approximate surface area is 127 Å². The fraction of sp³-hybridized carbons (Fsp3) is 0.462. The summed E-state index contributed by atoms with van der Waals surface area (Å²) in [5.41, 5.74) is 0.322. The van der Waals surface area contributed by atoms with Gasteiger partial charge < -0.3 is 5.32 Å². The molecule has 3 nitrogen and oxygen atoms in total. The molecule has 2 atom stereocenters. The Hall–Kier alpha value is -0.850. The van der Waals surface area contributed by atoms with Gasteiger partial charge in [0, 0.05) is 23.3 Å². The van der Waals surface area contributed by atoms with Crippen molar-refractivity contribution in [2.45, 2.75) is 25.4 Å². The van der Waals surface area contributed by atoms with Crippen LogP contribution in [0.1, 0.15) is 24.9 Å². The molecular formula is C13H17ClF2N2OS. The predicted molar refractivity (Wildman–Crippen MR) is 79.0 cm³/mol. The fourth-order valence-electron chi connectivity index (χ4n) is 2.02. The van der Waals surface area contributed by atoms with Crippen LogP contribution in [0.5, 0.6) is 0 Å². The minimum Gasteiger partial charge on any atom is -0.348 e. The van der Waals surface area contributed by atoms with Gasteiger partial charge in [-0.15, -0.1) is 24.2 Å². The lowest BCUT2D eigenvalue weighted by Gasteiger charge is -2.20. The number of benzene rings is 1. The normalized spacial score (nSPS) is 19.2. The molecule has 1 aromatic rings. The topological polar surface area (TPSA) is 41.1 Å². The predicted octanol–water partition coefficient (Wildman–Crippen LogP) is 2.62. The van der Waals surface area contributed by atoms with Gasteiger partial charge in [0.05, 0.1) is 12.1 Å². The van der Waals surface area contributed by atoms with Gasteiger partial charge in [0.1, 0.15) is 11.6 Å². The lowest BCUT2D eigenvalue weighted by Crippen LogP contribution is -2.43. The number of thioether (sulfide) groups is 1. The second-order valence-electron chi connectivity index (χ2n) is 4.41. The first-order chi connectivity index (χ1) is 9.11. The van der Waals surface area contributed by atoms with Crippen molar-refractivity contribution in [2.24, 2.45) is 0 Å². The van der Waals surface area contributed by atoms with E-state index in [4.69, 9.17) is 0 Å². The fourth-order valence-corrected chi connectivity index (χ4v) is 2.96. The van der Waals surface area contributed by atoms with Crippen molar-refractivity contribution in [3.05, 3.63) is 35.4 Å². The number of halogens is 3. The number of carbonyl (C=O) groups is 1. The highest BCUT2D eigenvalue weighted by Gasteiger charge is 2.25. The van der Waals surface area contributed by atoms with Gasteiger partial charge in [-0.3, -0.25) is 10.1 Å². The molecule has 1 saturated heterocycles. The summed E-state index contributed by atoms with van der Waals surface area (Å²) in [4.78, 5) is 12.0. The van der Waals surface area contributed by atoms with Gasteiger partial charge in [-0.2, -0.15) is 0 Å². The highest BCUT2D eigenvalue weighted by Crippen LogP contribution is 2.21. The third kappa shape index (κ3) is 4.07. The first kappa shape index (κ1) is 17.2. The maximum atomic E-state index is 13.7. The summed E-state index contributed by atoms with van der Waals surface area (Å²) in [5.74, 6) is 0.0892. The molecular weight excluding hydrogens is 306 g/mol. The lowest BCUT2D eigenvalue weighted by atomic mass is 10.0. The molecule has 1 heterocycles. The van der Waals surface area contributed by atoms with Gasteiger partial charge in [0.15, 0.2) is 0 Å². The molecule has 1 fully saturated rings. The molecule has 0 radical (unpaired) electrons. The van der Waals surface area contributed by atoms with Crippen molar-refractivity contribution < 1.29 is 13.6 Å². The molecule has 2 rings (SSSR count). The van der Waals surface area contributed by atoms with Gasteiger partial charge in [-0.05, 0) is 12.5 Å². The van der Waals surface area contributed by atoms with Crippen molar-refractivity contribution in [3.63, 3.8) is 0 Å². The van der Waals surface area contributed by atoms with Gasteiger partial charge in [-0.25, -0.2) is 8.78 Å². The Morgan fingerprint density at radius 2 is 2.30 bits per heavy atom. The van der Waals surface area contributed by atoms with E-state index >= 15 is 0 Å². The van der Waals surface area contributed by atoms with Crippen molar-refractivity contribution in [1.29, 1.82) is 0 Å². The molecule has 0 saturated carbocycles. The molecule has 0 aliphatic carbocycles. The van der Waals surface area contributed by atoms with Gasteiger partial charge in [0.25, 0.3) is 0 Å². The van der Waals surface area contributed by atoms with Gasteiger partial charge in [-0.1, -0.05) is 13.0 Å². The minimum atomic E-state index is -0.624. The number of nitrogens with one attached hydrogen (secondary N) is 2. The molecule has 1 aliphatic rings. The third-order valence-electron chi connectivity index (χ3n) is 3.10. The largest absolute Gasteiger partial charge is 0.348 e. The molecule has 1 aliphatic heterocycles. The van der Waals surface area contributed by atoms with Crippen LogP contribution in [0.3, 0.4) is 0 Å². The van der Waals surface area contributed by atoms with Crippen LogP contribution in [0.25, 0.3) is 0 Å². The van der Waals surface area contributed by atoms with E-state index < -0.39 is 17.7 Å². The zero-order valence-electron chi connectivity index (χ0n) is 11.0. The van der Waals surface area contributed by atoms with Crippen LogP contribution in [-0.4, -0.2) is 23.6 Å². The lowest BCUT2D eigenvalue weighted by molar-refractivity contribution is -0.123. The maximum Gasteiger partial charge on any atom is 0.238 e. The summed E-state index contributed by atoms with van der Waals surface area (Å²) >= 11 is 1.65. The molecule has 7 heteroatoms. The average molecular weight is 323 g/mol. The Morgan fingerprint density at radius 1 is 1.55 bits per heavy atom. The van der Waals surface area contributed by atoms with Gasteiger partial charge in [0.2, 0.25) is 5.91 Å². The first-order valence-electron chi connectivity index (χ1n) is 6.18. The van der Waals surface area contributed by atoms with Crippen molar-refractivity contribution >= 4 is 30.1 Å². The number of hydrogen-bond donors (Lipinski definition) is 2. The smallest absolute Gasteiger partial charge is 0.238 e. The summed E-state index contributed by atoms with van der Waals surface area (Å²) in [6.45, 7) is 1.85. The molecule has 20 heavy (non-hydrogen) atoms. The SMILES string of the molecule is CCC(NC(=O)C1CSCN1)c1ccc(F)cc1F.Cl. The van der Waals surface area contributed by atoms with Crippen molar-refractivity contribution in [2.75, 3.05) is 11.6 Å². The first-order valence-corrected chi connectivity index (χ1v) is 7.33.